The zero-order valence-corrected chi connectivity index (χ0v) is 8.88. The van der Waals surface area contributed by atoms with E-state index in [9.17, 15) is 14.3 Å². The largest absolute Gasteiger partial charge is 0.544 e. The molecule has 3 nitrogen and oxygen atoms in total. The molecule has 0 aliphatic rings. The number of rotatable bonds is 3. The lowest BCUT2D eigenvalue weighted by molar-refractivity contribution is -0.437. The third kappa shape index (κ3) is 2.78. The van der Waals surface area contributed by atoms with Gasteiger partial charge in [0, 0.05) is 10.9 Å². The topological polar surface area (TPSA) is 67.8 Å². The zero-order chi connectivity index (χ0) is 10.7. The SMILES string of the molecule is [NH3+][C@H](Cc1ccc(Br)cc1F)C(=O)[O-]. The van der Waals surface area contributed by atoms with Crippen molar-refractivity contribution in [1.82, 2.24) is 0 Å². The summed E-state index contributed by atoms with van der Waals surface area (Å²) in [5, 5.41) is 10.4. The molecule has 14 heavy (non-hydrogen) atoms. The van der Waals surface area contributed by atoms with Crippen molar-refractivity contribution >= 4 is 21.9 Å². The van der Waals surface area contributed by atoms with Gasteiger partial charge in [-0.1, -0.05) is 22.0 Å². The van der Waals surface area contributed by atoms with E-state index < -0.39 is 17.8 Å². The van der Waals surface area contributed by atoms with E-state index in [1.807, 2.05) is 0 Å². The predicted molar refractivity (Wildman–Crippen MR) is 49.5 cm³/mol. The number of hydrogen-bond donors (Lipinski definition) is 1. The van der Waals surface area contributed by atoms with Crippen LogP contribution < -0.4 is 10.8 Å². The van der Waals surface area contributed by atoms with Gasteiger partial charge in [-0.15, -0.1) is 0 Å². The Morgan fingerprint density at radius 2 is 2.29 bits per heavy atom. The van der Waals surface area contributed by atoms with Crippen LogP contribution in [0, 0.1) is 5.82 Å². The number of carbonyl (C=O) groups excluding carboxylic acids is 1. The normalized spacial score (nSPS) is 12.5. The van der Waals surface area contributed by atoms with Crippen LogP contribution in [0.4, 0.5) is 4.39 Å². The number of quaternary nitrogens is 1. The molecule has 0 aliphatic carbocycles. The molecule has 76 valence electrons. The molecular formula is C9H9BrFNO2. The molecule has 0 fully saturated rings. The number of carbonyl (C=O) groups is 1. The van der Waals surface area contributed by atoms with Gasteiger partial charge in [0.25, 0.3) is 0 Å². The molecule has 0 bridgehead atoms. The highest BCUT2D eigenvalue weighted by Gasteiger charge is 2.11. The fourth-order valence-electron chi connectivity index (χ4n) is 1.04. The highest BCUT2D eigenvalue weighted by molar-refractivity contribution is 9.10. The third-order valence-electron chi connectivity index (χ3n) is 1.81. The average Bonchev–Trinajstić information content (AvgIpc) is 2.09. The van der Waals surface area contributed by atoms with Crippen LogP contribution in [-0.4, -0.2) is 12.0 Å². The van der Waals surface area contributed by atoms with Crippen LogP contribution in [-0.2, 0) is 11.2 Å². The van der Waals surface area contributed by atoms with Gasteiger partial charge >= 0.3 is 0 Å². The molecule has 0 radical (unpaired) electrons. The van der Waals surface area contributed by atoms with Crippen LogP contribution in [0.3, 0.4) is 0 Å². The molecule has 1 rings (SSSR count). The highest BCUT2D eigenvalue weighted by atomic mass is 79.9. The van der Waals surface area contributed by atoms with Gasteiger partial charge in [0.2, 0.25) is 0 Å². The number of carboxylic acids is 1. The Bertz CT molecular complexity index is 357. The van der Waals surface area contributed by atoms with E-state index in [4.69, 9.17) is 0 Å². The van der Waals surface area contributed by atoms with Gasteiger partial charge in [-0.05, 0) is 17.7 Å². The maximum Gasteiger partial charge on any atom is 0.129 e. The Morgan fingerprint density at radius 1 is 1.64 bits per heavy atom. The second-order valence-corrected chi connectivity index (χ2v) is 3.87. The van der Waals surface area contributed by atoms with E-state index in [0.29, 0.717) is 10.0 Å². The molecule has 0 unspecified atom stereocenters. The first-order valence-corrected chi connectivity index (χ1v) is 4.78. The molecule has 0 saturated carbocycles. The Hall–Kier alpha value is -0.940. The van der Waals surface area contributed by atoms with E-state index in [-0.39, 0.29) is 6.42 Å². The van der Waals surface area contributed by atoms with Crippen LogP contribution in [0.15, 0.2) is 22.7 Å². The first-order chi connectivity index (χ1) is 6.50. The zero-order valence-electron chi connectivity index (χ0n) is 7.30. The highest BCUT2D eigenvalue weighted by Crippen LogP contribution is 2.15. The summed E-state index contributed by atoms with van der Waals surface area (Å²) < 4.78 is 13.8. The maximum atomic E-state index is 13.2. The molecule has 1 aromatic carbocycles. The molecule has 0 aliphatic heterocycles. The van der Waals surface area contributed by atoms with Crippen LogP contribution >= 0.6 is 15.9 Å². The van der Waals surface area contributed by atoms with E-state index in [1.165, 1.54) is 12.1 Å². The van der Waals surface area contributed by atoms with Gasteiger partial charge in [-0.25, -0.2) is 4.39 Å². The minimum atomic E-state index is -1.27. The van der Waals surface area contributed by atoms with Crippen molar-refractivity contribution in [2.24, 2.45) is 0 Å². The summed E-state index contributed by atoms with van der Waals surface area (Å²) in [5.41, 5.74) is 3.69. The summed E-state index contributed by atoms with van der Waals surface area (Å²) in [6.07, 6.45) is 0.0431. The Morgan fingerprint density at radius 3 is 2.79 bits per heavy atom. The van der Waals surface area contributed by atoms with Gasteiger partial charge in [0.15, 0.2) is 0 Å². The molecule has 3 N–H and O–H groups in total. The summed E-state index contributed by atoms with van der Waals surface area (Å²) in [6, 6.07) is 3.55. The molecular weight excluding hydrogens is 253 g/mol. The van der Waals surface area contributed by atoms with E-state index >= 15 is 0 Å². The number of hydrogen-bond acceptors (Lipinski definition) is 2. The fraction of sp³-hybridized carbons (Fsp3) is 0.222. The van der Waals surface area contributed by atoms with E-state index in [1.54, 1.807) is 6.07 Å². The molecule has 0 saturated heterocycles. The van der Waals surface area contributed by atoms with Crippen molar-refractivity contribution in [3.8, 4) is 0 Å². The standard InChI is InChI=1S/C9H9BrFNO2/c10-6-2-1-5(7(11)4-6)3-8(12)9(13)14/h1-2,4,8H,3,12H2,(H,13,14)/t8-/m1/s1. The summed E-state index contributed by atoms with van der Waals surface area (Å²) >= 11 is 3.11. The molecule has 0 spiro atoms. The predicted octanol–water partition coefficient (Wildman–Crippen LogP) is -0.509. The van der Waals surface area contributed by atoms with Crippen LogP contribution in [0.2, 0.25) is 0 Å². The molecule has 0 amide bonds. The van der Waals surface area contributed by atoms with Gasteiger partial charge in [0.05, 0.1) is 5.97 Å². The summed E-state index contributed by atoms with van der Waals surface area (Å²) in [7, 11) is 0. The lowest BCUT2D eigenvalue weighted by atomic mass is 10.1. The second kappa shape index (κ2) is 4.52. The Balaban J connectivity index is 2.82. The van der Waals surface area contributed by atoms with Crippen molar-refractivity contribution in [3.63, 3.8) is 0 Å². The first kappa shape index (κ1) is 11.1. The summed E-state index contributed by atoms with van der Waals surface area (Å²) in [4.78, 5) is 10.4. The van der Waals surface area contributed by atoms with E-state index in [0.717, 1.165) is 0 Å². The number of carboxylic acid groups (broad SMARTS) is 1. The number of benzene rings is 1. The summed E-state index contributed by atoms with van der Waals surface area (Å²) in [6.45, 7) is 0. The molecule has 0 aromatic heterocycles. The van der Waals surface area contributed by atoms with E-state index in [2.05, 4.69) is 21.7 Å². The Labute approximate surface area is 88.9 Å². The molecule has 1 atom stereocenters. The van der Waals surface area contributed by atoms with Gasteiger partial charge in [0.1, 0.15) is 11.9 Å². The quantitative estimate of drug-likeness (QED) is 0.797. The molecule has 1 aromatic rings. The number of halogens is 2. The molecule has 5 heteroatoms. The lowest BCUT2D eigenvalue weighted by Crippen LogP contribution is -2.69. The van der Waals surface area contributed by atoms with Crippen LogP contribution in [0.5, 0.6) is 0 Å². The Kier molecular flexibility index (Phi) is 3.60. The lowest BCUT2D eigenvalue weighted by Gasteiger charge is -2.09. The van der Waals surface area contributed by atoms with Crippen LogP contribution in [0.25, 0.3) is 0 Å². The first-order valence-electron chi connectivity index (χ1n) is 3.98. The monoisotopic (exact) mass is 261 g/mol. The third-order valence-corrected chi connectivity index (χ3v) is 2.31. The average molecular weight is 262 g/mol. The van der Waals surface area contributed by atoms with Crippen molar-refractivity contribution in [1.29, 1.82) is 0 Å². The maximum absolute atomic E-state index is 13.2. The second-order valence-electron chi connectivity index (χ2n) is 2.96. The minimum absolute atomic E-state index is 0.0431. The van der Waals surface area contributed by atoms with Crippen molar-refractivity contribution in [3.05, 3.63) is 34.1 Å². The number of aliphatic carboxylic acids is 1. The summed E-state index contributed by atoms with van der Waals surface area (Å²) in [5.74, 6) is -1.71. The smallest absolute Gasteiger partial charge is 0.129 e. The molecule has 0 heterocycles. The van der Waals surface area contributed by atoms with Crippen LogP contribution in [0.1, 0.15) is 5.56 Å². The van der Waals surface area contributed by atoms with Crippen molar-refractivity contribution < 1.29 is 20.0 Å². The van der Waals surface area contributed by atoms with Crippen molar-refractivity contribution in [2.75, 3.05) is 0 Å². The van der Waals surface area contributed by atoms with Gasteiger partial charge in [-0.2, -0.15) is 0 Å². The fourth-order valence-corrected chi connectivity index (χ4v) is 1.37. The van der Waals surface area contributed by atoms with Crippen molar-refractivity contribution in [2.45, 2.75) is 12.5 Å². The minimum Gasteiger partial charge on any atom is -0.544 e. The van der Waals surface area contributed by atoms with Gasteiger partial charge in [-0.3, -0.25) is 0 Å². The van der Waals surface area contributed by atoms with Gasteiger partial charge < -0.3 is 15.6 Å².